The zero-order valence-electron chi connectivity index (χ0n) is 11.9. The summed E-state index contributed by atoms with van der Waals surface area (Å²) >= 11 is 0. The summed E-state index contributed by atoms with van der Waals surface area (Å²) in [6, 6.07) is 2.95. The molecule has 2 heterocycles. The molecule has 1 aliphatic rings. The van der Waals surface area contributed by atoms with Crippen LogP contribution in [0.1, 0.15) is 31.1 Å². The molecule has 22 heavy (non-hydrogen) atoms. The molecular weight excluding hydrogens is 289 g/mol. The van der Waals surface area contributed by atoms with E-state index >= 15 is 0 Å². The number of nitrogens with one attached hydrogen (secondary N) is 1. The molecule has 1 atom stereocenters. The van der Waals surface area contributed by atoms with Gasteiger partial charge in [-0.1, -0.05) is 0 Å². The van der Waals surface area contributed by atoms with Crippen molar-refractivity contribution in [2.45, 2.75) is 32.2 Å². The lowest BCUT2D eigenvalue weighted by atomic mass is 10.1. The first-order chi connectivity index (χ1) is 10.5. The highest BCUT2D eigenvalue weighted by molar-refractivity contribution is 5.97. The van der Waals surface area contributed by atoms with Gasteiger partial charge in [-0.05, 0) is 31.9 Å². The molecule has 1 fully saturated rings. The number of hydrogen-bond acceptors (Lipinski definition) is 4. The van der Waals surface area contributed by atoms with Gasteiger partial charge >= 0.3 is 0 Å². The number of amides is 2. The summed E-state index contributed by atoms with van der Waals surface area (Å²) in [5, 5.41) is 2.52. The third-order valence-electron chi connectivity index (χ3n) is 3.80. The number of benzene rings is 1. The summed E-state index contributed by atoms with van der Waals surface area (Å²) in [4.78, 5) is 40.4. The fourth-order valence-corrected chi connectivity index (χ4v) is 2.77. The van der Waals surface area contributed by atoms with Gasteiger partial charge in [0.05, 0.1) is 10.9 Å². The number of aryl methyl sites for hydroxylation is 1. The largest absolute Gasteiger partial charge is 0.295 e. The average molecular weight is 303 g/mol. The molecule has 0 radical (unpaired) electrons. The predicted molar refractivity (Wildman–Crippen MR) is 76.7 cm³/mol. The highest BCUT2D eigenvalue weighted by Gasteiger charge is 2.28. The number of carbonyl (C=O) groups excluding carboxylic acids is 2. The Balaban J connectivity index is 2.18. The Labute approximate surface area is 125 Å². The standard InChI is InChI=1S/C15H14FN3O3/c1-8-17-11-7-9(16)5-6-10(11)15(22)19(8)12-3-2-4-13(20)18-14(12)21/h5-7,12H,2-4H2,1H3,(H,18,20,21). The maximum absolute atomic E-state index is 13.3. The molecule has 0 saturated carbocycles. The van der Waals surface area contributed by atoms with E-state index in [1.165, 1.54) is 22.8 Å². The first-order valence-corrected chi connectivity index (χ1v) is 6.99. The lowest BCUT2D eigenvalue weighted by Crippen LogP contribution is -2.39. The second kappa shape index (κ2) is 5.32. The zero-order chi connectivity index (χ0) is 15.9. The van der Waals surface area contributed by atoms with E-state index in [1.54, 1.807) is 6.92 Å². The Morgan fingerprint density at radius 3 is 2.86 bits per heavy atom. The molecule has 1 saturated heterocycles. The van der Waals surface area contributed by atoms with Crippen molar-refractivity contribution in [1.29, 1.82) is 0 Å². The van der Waals surface area contributed by atoms with Crippen molar-refractivity contribution in [2.75, 3.05) is 0 Å². The zero-order valence-corrected chi connectivity index (χ0v) is 11.9. The van der Waals surface area contributed by atoms with E-state index in [9.17, 15) is 18.8 Å². The smallest absolute Gasteiger partial charge is 0.262 e. The minimum absolute atomic E-state index is 0.246. The lowest BCUT2D eigenvalue weighted by molar-refractivity contribution is -0.131. The average Bonchev–Trinajstić information content (AvgIpc) is 2.60. The normalized spacial score (nSPS) is 19.1. The Morgan fingerprint density at radius 1 is 1.32 bits per heavy atom. The summed E-state index contributed by atoms with van der Waals surface area (Å²) in [5.74, 6) is -1.00. The maximum Gasteiger partial charge on any atom is 0.262 e. The van der Waals surface area contributed by atoms with Crippen LogP contribution < -0.4 is 10.9 Å². The van der Waals surface area contributed by atoms with Crippen LogP contribution >= 0.6 is 0 Å². The molecule has 3 rings (SSSR count). The summed E-state index contributed by atoms with van der Waals surface area (Å²) in [6.45, 7) is 1.59. The number of rotatable bonds is 1. The molecule has 1 aromatic heterocycles. The molecule has 1 aromatic carbocycles. The first-order valence-electron chi connectivity index (χ1n) is 6.99. The van der Waals surface area contributed by atoms with E-state index in [2.05, 4.69) is 10.3 Å². The van der Waals surface area contributed by atoms with Crippen molar-refractivity contribution in [3.63, 3.8) is 0 Å². The van der Waals surface area contributed by atoms with E-state index in [0.717, 1.165) is 0 Å². The Kier molecular flexibility index (Phi) is 3.48. The molecule has 6 nitrogen and oxygen atoms in total. The fourth-order valence-electron chi connectivity index (χ4n) is 2.77. The molecule has 2 aromatic rings. The molecule has 2 amide bonds. The Bertz CT molecular complexity index is 844. The van der Waals surface area contributed by atoms with E-state index < -0.39 is 23.3 Å². The molecule has 1 aliphatic heterocycles. The minimum Gasteiger partial charge on any atom is -0.295 e. The number of carbonyl (C=O) groups is 2. The van der Waals surface area contributed by atoms with E-state index in [0.29, 0.717) is 18.7 Å². The van der Waals surface area contributed by atoms with Crippen LogP contribution in [0.15, 0.2) is 23.0 Å². The molecule has 0 bridgehead atoms. The van der Waals surface area contributed by atoms with Crippen molar-refractivity contribution in [3.05, 3.63) is 40.2 Å². The van der Waals surface area contributed by atoms with Gasteiger partial charge in [-0.3, -0.25) is 24.3 Å². The monoisotopic (exact) mass is 303 g/mol. The SMILES string of the molecule is Cc1nc2cc(F)ccc2c(=O)n1C1CCCC(=O)NC1=O. The van der Waals surface area contributed by atoms with E-state index in [1.807, 2.05) is 0 Å². The molecule has 1 unspecified atom stereocenters. The van der Waals surface area contributed by atoms with Crippen molar-refractivity contribution in [2.24, 2.45) is 0 Å². The van der Waals surface area contributed by atoms with Gasteiger partial charge in [0.25, 0.3) is 5.56 Å². The van der Waals surface area contributed by atoms with Crippen LogP contribution in [0, 0.1) is 12.7 Å². The van der Waals surface area contributed by atoms with Gasteiger partial charge in [0.2, 0.25) is 11.8 Å². The van der Waals surface area contributed by atoms with Gasteiger partial charge in [0, 0.05) is 12.5 Å². The quantitative estimate of drug-likeness (QED) is 0.803. The molecule has 0 spiro atoms. The van der Waals surface area contributed by atoms with Crippen LogP contribution in [0.3, 0.4) is 0 Å². The Hall–Kier alpha value is -2.57. The summed E-state index contributed by atoms with van der Waals surface area (Å²) in [5.41, 5.74) is -0.152. The number of halogens is 1. The van der Waals surface area contributed by atoms with Gasteiger partial charge < -0.3 is 0 Å². The summed E-state index contributed by atoms with van der Waals surface area (Å²) < 4.78 is 14.5. The van der Waals surface area contributed by atoms with E-state index in [4.69, 9.17) is 0 Å². The minimum atomic E-state index is -0.777. The molecular formula is C15H14FN3O3. The van der Waals surface area contributed by atoms with Crippen LogP contribution in [-0.4, -0.2) is 21.4 Å². The summed E-state index contributed by atoms with van der Waals surface area (Å²) in [6.07, 6.45) is 1.14. The number of hydrogen-bond donors (Lipinski definition) is 1. The molecule has 7 heteroatoms. The van der Waals surface area contributed by atoms with Gasteiger partial charge in [-0.2, -0.15) is 0 Å². The molecule has 0 aliphatic carbocycles. The number of aromatic nitrogens is 2. The third kappa shape index (κ3) is 2.38. The maximum atomic E-state index is 13.3. The highest BCUT2D eigenvalue weighted by Crippen LogP contribution is 2.20. The third-order valence-corrected chi connectivity index (χ3v) is 3.80. The summed E-state index contributed by atoms with van der Waals surface area (Å²) in [7, 11) is 0. The van der Waals surface area contributed by atoms with Crippen LogP contribution in [-0.2, 0) is 9.59 Å². The van der Waals surface area contributed by atoms with Crippen molar-refractivity contribution >= 4 is 22.7 Å². The molecule has 114 valence electrons. The van der Waals surface area contributed by atoms with Gasteiger partial charge in [-0.15, -0.1) is 0 Å². The fraction of sp³-hybridized carbons (Fsp3) is 0.333. The lowest BCUT2D eigenvalue weighted by Gasteiger charge is -2.18. The van der Waals surface area contributed by atoms with Crippen molar-refractivity contribution < 1.29 is 14.0 Å². The topological polar surface area (TPSA) is 81.1 Å². The molecule has 1 N–H and O–H groups in total. The number of nitrogens with zero attached hydrogens (tertiary/aromatic N) is 2. The van der Waals surface area contributed by atoms with Gasteiger partial charge in [0.15, 0.2) is 0 Å². The van der Waals surface area contributed by atoms with Gasteiger partial charge in [-0.25, -0.2) is 9.37 Å². The van der Waals surface area contributed by atoms with E-state index in [-0.39, 0.29) is 23.2 Å². The van der Waals surface area contributed by atoms with Gasteiger partial charge in [0.1, 0.15) is 17.7 Å². The number of imide groups is 1. The van der Waals surface area contributed by atoms with Crippen LogP contribution in [0.25, 0.3) is 10.9 Å². The Morgan fingerprint density at radius 2 is 2.09 bits per heavy atom. The van der Waals surface area contributed by atoms with Crippen LogP contribution in [0.4, 0.5) is 4.39 Å². The van der Waals surface area contributed by atoms with Crippen LogP contribution in [0.5, 0.6) is 0 Å². The highest BCUT2D eigenvalue weighted by atomic mass is 19.1. The second-order valence-electron chi connectivity index (χ2n) is 5.32. The second-order valence-corrected chi connectivity index (χ2v) is 5.32. The predicted octanol–water partition coefficient (Wildman–Crippen LogP) is 1.21. The van der Waals surface area contributed by atoms with Crippen molar-refractivity contribution in [1.82, 2.24) is 14.9 Å². The number of fused-ring (bicyclic) bond motifs is 1. The van der Waals surface area contributed by atoms with Crippen molar-refractivity contribution in [3.8, 4) is 0 Å². The van der Waals surface area contributed by atoms with Crippen LogP contribution in [0.2, 0.25) is 0 Å². The first kappa shape index (κ1) is 14.4.